The van der Waals surface area contributed by atoms with Crippen molar-refractivity contribution in [3.8, 4) is 11.4 Å². The zero-order chi connectivity index (χ0) is 23.1. The Kier molecular flexibility index (Phi) is 5.15. The highest BCUT2D eigenvalue weighted by atomic mass is 19.4. The van der Waals surface area contributed by atoms with E-state index in [4.69, 9.17) is 0 Å². The van der Waals surface area contributed by atoms with Crippen LogP contribution in [0.15, 0.2) is 53.6 Å². The monoisotopic (exact) mass is 453 g/mol. The molecule has 32 heavy (non-hydrogen) atoms. The first-order valence-electron chi connectivity index (χ1n) is 9.08. The second kappa shape index (κ2) is 7.70. The molecular weight excluding hydrogens is 440 g/mol. The Labute approximate surface area is 175 Å². The van der Waals surface area contributed by atoms with E-state index in [0.29, 0.717) is 11.8 Å². The van der Waals surface area contributed by atoms with Crippen LogP contribution in [0.2, 0.25) is 0 Å². The number of anilines is 1. The lowest BCUT2D eigenvalue weighted by molar-refractivity contribution is -0.142. The van der Waals surface area contributed by atoms with E-state index >= 15 is 0 Å². The molecule has 4 aromatic rings. The van der Waals surface area contributed by atoms with Gasteiger partial charge in [0.1, 0.15) is 16.9 Å². The van der Waals surface area contributed by atoms with Crippen molar-refractivity contribution in [2.45, 2.75) is 18.9 Å². The number of H-pyrrole nitrogens is 2. The third-order valence-electron chi connectivity index (χ3n) is 4.60. The zero-order valence-corrected chi connectivity index (χ0v) is 15.9. The molecule has 3 heterocycles. The van der Waals surface area contributed by atoms with Crippen LogP contribution in [0.3, 0.4) is 0 Å². The molecule has 0 aliphatic rings. The smallest absolute Gasteiger partial charge is 0.379 e. The maximum absolute atomic E-state index is 13.5. The molecule has 3 N–H and O–H groups in total. The summed E-state index contributed by atoms with van der Waals surface area (Å²) in [6.07, 6.45) is -7.21. The van der Waals surface area contributed by atoms with E-state index in [9.17, 15) is 31.1 Å². The number of benzene rings is 1. The van der Waals surface area contributed by atoms with Gasteiger partial charge in [-0.15, -0.1) is 0 Å². The lowest BCUT2D eigenvalue weighted by Crippen LogP contribution is -2.13. The fourth-order valence-electron chi connectivity index (χ4n) is 3.17. The standard InChI is InChI=1S/C20H13F6N5O/c21-19(22,23)10-7-12(20(24,25)26)16-14(8-10)30-17(31-16)15-13(4-6-28-18(15)32)29-9-11-3-1-2-5-27-11/h1-8H,9H2,(H,30,31)(H2,28,29,32). The Hall–Kier alpha value is -3.83. The maximum Gasteiger partial charge on any atom is 0.418 e. The molecule has 0 saturated heterocycles. The number of imidazole rings is 1. The number of halogens is 6. The van der Waals surface area contributed by atoms with Crippen LogP contribution in [0.1, 0.15) is 16.8 Å². The van der Waals surface area contributed by atoms with Gasteiger partial charge in [0, 0.05) is 12.4 Å². The number of nitrogens with one attached hydrogen (secondary N) is 3. The predicted octanol–water partition coefficient (Wildman–Crippen LogP) is 4.96. The number of nitrogens with zero attached hydrogens (tertiary/aromatic N) is 2. The molecule has 0 fully saturated rings. The fraction of sp³-hybridized carbons (Fsp3) is 0.150. The van der Waals surface area contributed by atoms with Gasteiger partial charge in [-0.05, 0) is 30.3 Å². The molecule has 3 aromatic heterocycles. The summed E-state index contributed by atoms with van der Waals surface area (Å²) in [7, 11) is 0. The molecule has 0 amide bonds. The van der Waals surface area contributed by atoms with Crippen molar-refractivity contribution < 1.29 is 26.3 Å². The van der Waals surface area contributed by atoms with Crippen molar-refractivity contribution >= 4 is 16.7 Å². The van der Waals surface area contributed by atoms with E-state index < -0.39 is 40.1 Å². The number of hydrogen-bond donors (Lipinski definition) is 3. The summed E-state index contributed by atoms with van der Waals surface area (Å²) in [5.74, 6) is -0.310. The van der Waals surface area contributed by atoms with E-state index in [0.717, 1.165) is 0 Å². The number of rotatable bonds is 4. The van der Waals surface area contributed by atoms with Crippen molar-refractivity contribution in [3.05, 3.63) is 76.0 Å². The molecule has 166 valence electrons. The molecule has 0 saturated carbocycles. The first-order valence-corrected chi connectivity index (χ1v) is 9.08. The van der Waals surface area contributed by atoms with Crippen molar-refractivity contribution in [1.29, 1.82) is 0 Å². The number of aromatic nitrogens is 4. The average Bonchev–Trinajstić information content (AvgIpc) is 3.14. The lowest BCUT2D eigenvalue weighted by atomic mass is 10.1. The number of hydrogen-bond acceptors (Lipinski definition) is 4. The van der Waals surface area contributed by atoms with Crippen molar-refractivity contribution in [2.75, 3.05) is 5.32 Å². The highest BCUT2D eigenvalue weighted by Crippen LogP contribution is 2.40. The summed E-state index contributed by atoms with van der Waals surface area (Å²) in [6.45, 7) is 0.184. The van der Waals surface area contributed by atoms with Crippen LogP contribution >= 0.6 is 0 Å². The van der Waals surface area contributed by atoms with E-state index in [2.05, 4.69) is 25.3 Å². The Bertz CT molecular complexity index is 1320. The van der Waals surface area contributed by atoms with Crippen molar-refractivity contribution in [2.24, 2.45) is 0 Å². The van der Waals surface area contributed by atoms with Gasteiger partial charge in [-0.25, -0.2) is 4.98 Å². The molecule has 6 nitrogen and oxygen atoms in total. The van der Waals surface area contributed by atoms with Crippen LogP contribution in [0.4, 0.5) is 32.0 Å². The molecule has 0 spiro atoms. The third-order valence-corrected chi connectivity index (χ3v) is 4.60. The Morgan fingerprint density at radius 3 is 2.44 bits per heavy atom. The van der Waals surface area contributed by atoms with Gasteiger partial charge in [-0.1, -0.05) is 6.07 Å². The molecular formula is C20H13F6N5O. The van der Waals surface area contributed by atoms with Crippen LogP contribution < -0.4 is 10.9 Å². The number of fused-ring (bicyclic) bond motifs is 1. The van der Waals surface area contributed by atoms with Crippen molar-refractivity contribution in [1.82, 2.24) is 19.9 Å². The predicted molar refractivity (Wildman–Crippen MR) is 104 cm³/mol. The fourth-order valence-corrected chi connectivity index (χ4v) is 3.17. The Morgan fingerprint density at radius 1 is 1.00 bits per heavy atom. The molecule has 0 unspecified atom stereocenters. The quantitative estimate of drug-likeness (QED) is 0.381. The Morgan fingerprint density at radius 2 is 1.78 bits per heavy atom. The van der Waals surface area contributed by atoms with Crippen molar-refractivity contribution in [3.63, 3.8) is 0 Å². The minimum Gasteiger partial charge on any atom is -0.379 e. The topological polar surface area (TPSA) is 86.5 Å². The van der Waals surface area contributed by atoms with E-state index in [1.807, 2.05) is 0 Å². The molecule has 0 aliphatic carbocycles. The van der Waals surface area contributed by atoms with Gasteiger partial charge in [0.05, 0.1) is 34.6 Å². The molecule has 12 heteroatoms. The second-order valence-corrected chi connectivity index (χ2v) is 6.77. The maximum atomic E-state index is 13.5. The summed E-state index contributed by atoms with van der Waals surface area (Å²) < 4.78 is 79.8. The van der Waals surface area contributed by atoms with Gasteiger partial charge >= 0.3 is 12.4 Å². The van der Waals surface area contributed by atoms with Crippen LogP contribution in [0, 0.1) is 0 Å². The van der Waals surface area contributed by atoms with E-state index in [1.54, 1.807) is 24.4 Å². The molecule has 4 rings (SSSR count). The van der Waals surface area contributed by atoms with Crippen LogP contribution in [-0.2, 0) is 18.9 Å². The highest BCUT2D eigenvalue weighted by Gasteiger charge is 2.39. The van der Waals surface area contributed by atoms with Crippen LogP contribution in [0.5, 0.6) is 0 Å². The molecule has 0 aliphatic heterocycles. The number of aromatic amines is 2. The molecule has 0 bridgehead atoms. The van der Waals surface area contributed by atoms with Gasteiger partial charge < -0.3 is 15.3 Å². The first kappa shape index (κ1) is 21.4. The van der Waals surface area contributed by atoms with Gasteiger partial charge in [0.15, 0.2) is 0 Å². The Balaban J connectivity index is 1.85. The van der Waals surface area contributed by atoms with Crippen LogP contribution in [0.25, 0.3) is 22.4 Å². The van der Waals surface area contributed by atoms with Gasteiger partial charge in [0.25, 0.3) is 5.56 Å². The minimum atomic E-state index is -5.09. The minimum absolute atomic E-state index is 0.00239. The summed E-state index contributed by atoms with van der Waals surface area (Å²) in [4.78, 5) is 25.2. The third kappa shape index (κ3) is 4.15. The molecule has 0 radical (unpaired) electrons. The van der Waals surface area contributed by atoms with Gasteiger partial charge in [-0.2, -0.15) is 26.3 Å². The van der Waals surface area contributed by atoms with Crippen LogP contribution in [-0.4, -0.2) is 19.9 Å². The number of pyridine rings is 2. The normalized spacial score (nSPS) is 12.3. The highest BCUT2D eigenvalue weighted by molar-refractivity contribution is 5.86. The van der Waals surface area contributed by atoms with Gasteiger partial charge in [0.2, 0.25) is 0 Å². The average molecular weight is 453 g/mol. The SMILES string of the molecule is O=c1[nH]ccc(NCc2ccccn2)c1-c1nc2c(C(F)(F)F)cc(C(F)(F)F)cc2[nH]1. The number of alkyl halides is 6. The summed E-state index contributed by atoms with van der Waals surface area (Å²) >= 11 is 0. The van der Waals surface area contributed by atoms with Gasteiger partial charge in [-0.3, -0.25) is 9.78 Å². The second-order valence-electron chi connectivity index (χ2n) is 6.77. The molecule has 1 aromatic carbocycles. The van der Waals surface area contributed by atoms with E-state index in [-0.39, 0.29) is 29.7 Å². The summed E-state index contributed by atoms with van der Waals surface area (Å²) in [5, 5.41) is 2.95. The summed E-state index contributed by atoms with van der Waals surface area (Å²) in [5.41, 5.74) is -4.27. The van der Waals surface area contributed by atoms with E-state index in [1.165, 1.54) is 12.3 Å². The lowest BCUT2D eigenvalue weighted by Gasteiger charge is -2.11. The molecule has 0 atom stereocenters. The first-order chi connectivity index (χ1) is 15.0. The largest absolute Gasteiger partial charge is 0.418 e. The zero-order valence-electron chi connectivity index (χ0n) is 15.9. The summed E-state index contributed by atoms with van der Waals surface area (Å²) in [6, 6.07) is 7.17.